The largest absolute Gasteiger partial charge is 0.394 e. The molecule has 1 aromatic rings. The number of carbonyl (C=O) groups excluding carboxylic acids is 2. The Labute approximate surface area is 185 Å². The van der Waals surface area contributed by atoms with Crippen LogP contribution in [-0.2, 0) is 27.5 Å². The van der Waals surface area contributed by atoms with Gasteiger partial charge in [-0.2, -0.15) is 13.2 Å². The molecule has 0 radical (unpaired) electrons. The summed E-state index contributed by atoms with van der Waals surface area (Å²) < 4.78 is 45.1. The smallest absolute Gasteiger partial charge is 0.389 e. The SMILES string of the molecule is C[C@@H]1CN([C@H](C)CO)C(=O)CCCn2cc(nn2)CO[C@@H]1CN(C)C(=O)CCC(F)(F)F. The van der Waals surface area contributed by atoms with E-state index in [0.717, 1.165) is 0 Å². The van der Waals surface area contributed by atoms with Gasteiger partial charge in [-0.3, -0.25) is 14.3 Å². The van der Waals surface area contributed by atoms with Gasteiger partial charge in [0.1, 0.15) is 5.69 Å². The van der Waals surface area contributed by atoms with Gasteiger partial charge in [0, 0.05) is 45.4 Å². The number of hydrogen-bond acceptors (Lipinski definition) is 6. The first-order valence-electron chi connectivity index (χ1n) is 10.7. The lowest BCUT2D eigenvalue weighted by Crippen LogP contribution is -2.47. The van der Waals surface area contributed by atoms with E-state index in [1.165, 1.54) is 11.9 Å². The van der Waals surface area contributed by atoms with Crippen LogP contribution in [0, 0.1) is 5.92 Å². The maximum atomic E-state index is 12.8. The average molecular weight is 464 g/mol. The molecule has 182 valence electrons. The zero-order valence-corrected chi connectivity index (χ0v) is 18.7. The van der Waals surface area contributed by atoms with Gasteiger partial charge in [0.2, 0.25) is 11.8 Å². The van der Waals surface area contributed by atoms with Crippen molar-refractivity contribution in [3.8, 4) is 0 Å². The third kappa shape index (κ3) is 8.05. The fraction of sp³-hybridized carbons (Fsp3) is 0.800. The highest BCUT2D eigenvalue weighted by molar-refractivity contribution is 5.76. The molecule has 0 aromatic carbocycles. The highest BCUT2D eigenvalue weighted by atomic mass is 19.4. The summed E-state index contributed by atoms with van der Waals surface area (Å²) in [5.41, 5.74) is 0.583. The number of aliphatic hydroxyl groups excluding tert-OH is 1. The van der Waals surface area contributed by atoms with Crippen LogP contribution >= 0.6 is 0 Å². The molecule has 1 aliphatic rings. The van der Waals surface area contributed by atoms with Crippen LogP contribution in [0.1, 0.15) is 45.2 Å². The number of hydrogen-bond donors (Lipinski definition) is 1. The van der Waals surface area contributed by atoms with E-state index in [9.17, 15) is 27.9 Å². The van der Waals surface area contributed by atoms with Crippen molar-refractivity contribution in [2.75, 3.05) is 26.7 Å². The van der Waals surface area contributed by atoms with Gasteiger partial charge in [-0.25, -0.2) is 0 Å². The van der Waals surface area contributed by atoms with Crippen molar-refractivity contribution < 1.29 is 32.6 Å². The lowest BCUT2D eigenvalue weighted by Gasteiger charge is -2.35. The van der Waals surface area contributed by atoms with Crippen LogP contribution in [0.4, 0.5) is 13.2 Å². The number of aliphatic hydroxyl groups is 1. The highest BCUT2D eigenvalue weighted by Gasteiger charge is 2.31. The van der Waals surface area contributed by atoms with E-state index in [4.69, 9.17) is 4.74 Å². The highest BCUT2D eigenvalue weighted by Crippen LogP contribution is 2.22. The van der Waals surface area contributed by atoms with E-state index in [2.05, 4.69) is 10.3 Å². The van der Waals surface area contributed by atoms with Crippen molar-refractivity contribution in [3.63, 3.8) is 0 Å². The fourth-order valence-electron chi connectivity index (χ4n) is 3.50. The second-order valence-corrected chi connectivity index (χ2v) is 8.37. The Kier molecular flexibility index (Phi) is 9.44. The predicted molar refractivity (Wildman–Crippen MR) is 108 cm³/mol. The van der Waals surface area contributed by atoms with Crippen LogP contribution in [0.15, 0.2) is 6.20 Å². The monoisotopic (exact) mass is 463 g/mol. The number of likely N-dealkylation sites (N-methyl/N-ethyl adjacent to an activating group) is 1. The molecule has 0 spiro atoms. The molecule has 1 aliphatic heterocycles. The summed E-state index contributed by atoms with van der Waals surface area (Å²) in [5.74, 6) is -1.02. The number of rotatable bonds is 6. The summed E-state index contributed by atoms with van der Waals surface area (Å²) in [6.45, 7) is 4.35. The maximum absolute atomic E-state index is 12.8. The van der Waals surface area contributed by atoms with Crippen molar-refractivity contribution in [2.45, 2.75) is 71.0 Å². The second-order valence-electron chi connectivity index (χ2n) is 8.37. The number of amides is 2. The first kappa shape index (κ1) is 26.0. The second kappa shape index (κ2) is 11.6. The predicted octanol–water partition coefficient (Wildman–Crippen LogP) is 1.60. The van der Waals surface area contributed by atoms with Crippen molar-refractivity contribution in [2.24, 2.45) is 5.92 Å². The molecule has 12 heteroatoms. The molecule has 9 nitrogen and oxygen atoms in total. The van der Waals surface area contributed by atoms with Gasteiger partial charge in [0.05, 0.1) is 38.0 Å². The molecule has 2 heterocycles. The van der Waals surface area contributed by atoms with Gasteiger partial charge < -0.3 is 19.6 Å². The minimum Gasteiger partial charge on any atom is -0.394 e. The standard InChI is InChI=1S/C20H32F3N5O4/c1-14-9-28(15(2)12-29)19(31)5-4-8-27-10-16(24-25-27)13-32-17(14)11-26(3)18(30)6-7-20(21,22)23/h10,14-15,17,29H,4-9,11-13H2,1-3H3/t14-,15-,17-/m1/s1. The Morgan fingerprint density at radius 1 is 1.44 bits per heavy atom. The fourth-order valence-corrected chi connectivity index (χ4v) is 3.50. The number of nitrogens with zero attached hydrogens (tertiary/aromatic N) is 5. The normalized spacial score (nSPS) is 22.0. The summed E-state index contributed by atoms with van der Waals surface area (Å²) >= 11 is 0. The lowest BCUT2D eigenvalue weighted by molar-refractivity contribution is -0.150. The molecule has 1 N–H and O–H groups in total. The third-order valence-corrected chi connectivity index (χ3v) is 5.55. The Morgan fingerprint density at radius 3 is 2.81 bits per heavy atom. The van der Waals surface area contributed by atoms with Gasteiger partial charge in [-0.1, -0.05) is 12.1 Å². The summed E-state index contributed by atoms with van der Waals surface area (Å²) in [6.07, 6.45) is -4.24. The van der Waals surface area contributed by atoms with Crippen LogP contribution in [0.2, 0.25) is 0 Å². The summed E-state index contributed by atoms with van der Waals surface area (Å²) in [6, 6.07) is -0.403. The van der Waals surface area contributed by atoms with Crippen LogP contribution in [0.5, 0.6) is 0 Å². The van der Waals surface area contributed by atoms with Crippen molar-refractivity contribution >= 4 is 11.8 Å². The van der Waals surface area contributed by atoms with Crippen LogP contribution in [-0.4, -0.2) is 86.8 Å². The Balaban J connectivity index is 2.17. The van der Waals surface area contributed by atoms with E-state index in [-0.39, 0.29) is 44.5 Å². The Hall–Kier alpha value is -2.21. The van der Waals surface area contributed by atoms with Gasteiger partial charge in [-0.15, -0.1) is 5.10 Å². The van der Waals surface area contributed by atoms with E-state index in [1.54, 1.807) is 22.7 Å². The minimum absolute atomic E-state index is 0.0571. The summed E-state index contributed by atoms with van der Waals surface area (Å²) in [5, 5.41) is 17.7. The zero-order valence-electron chi connectivity index (χ0n) is 18.7. The first-order chi connectivity index (χ1) is 15.0. The molecule has 2 amide bonds. The molecule has 1 aromatic heterocycles. The molecular weight excluding hydrogens is 431 g/mol. The minimum atomic E-state index is -4.40. The number of carbonyl (C=O) groups is 2. The topological polar surface area (TPSA) is 101 Å². The van der Waals surface area contributed by atoms with E-state index >= 15 is 0 Å². The van der Waals surface area contributed by atoms with Crippen LogP contribution in [0.3, 0.4) is 0 Å². The number of aryl methyl sites for hydroxylation is 1. The van der Waals surface area contributed by atoms with Gasteiger partial charge in [0.25, 0.3) is 0 Å². The molecule has 2 rings (SSSR count). The van der Waals surface area contributed by atoms with Crippen molar-refractivity contribution in [1.82, 2.24) is 24.8 Å². The third-order valence-electron chi connectivity index (χ3n) is 5.55. The van der Waals surface area contributed by atoms with Gasteiger partial charge >= 0.3 is 6.18 Å². The van der Waals surface area contributed by atoms with Crippen molar-refractivity contribution in [1.29, 1.82) is 0 Å². The molecule has 3 atom stereocenters. The zero-order chi connectivity index (χ0) is 23.9. The van der Waals surface area contributed by atoms with E-state index < -0.39 is 37.1 Å². The molecule has 32 heavy (non-hydrogen) atoms. The Bertz CT molecular complexity index is 758. The molecule has 0 unspecified atom stereocenters. The van der Waals surface area contributed by atoms with Gasteiger partial charge in [0.15, 0.2) is 0 Å². The van der Waals surface area contributed by atoms with E-state index in [0.29, 0.717) is 18.7 Å². The molecule has 0 saturated carbocycles. The molecule has 0 fully saturated rings. The summed E-state index contributed by atoms with van der Waals surface area (Å²) in [4.78, 5) is 27.8. The van der Waals surface area contributed by atoms with Crippen LogP contribution in [0.25, 0.3) is 0 Å². The number of fused-ring (bicyclic) bond motifs is 2. The molecular formula is C20H32F3N5O4. The first-order valence-corrected chi connectivity index (χ1v) is 10.7. The quantitative estimate of drug-likeness (QED) is 0.688. The maximum Gasteiger partial charge on any atom is 0.389 e. The number of alkyl halides is 3. The van der Waals surface area contributed by atoms with Crippen LogP contribution < -0.4 is 0 Å². The molecule has 2 bridgehead atoms. The molecule has 0 aliphatic carbocycles. The summed E-state index contributed by atoms with van der Waals surface area (Å²) in [7, 11) is 1.44. The Morgan fingerprint density at radius 2 is 2.16 bits per heavy atom. The average Bonchev–Trinajstić information content (AvgIpc) is 3.18. The lowest BCUT2D eigenvalue weighted by atomic mass is 10.0. The van der Waals surface area contributed by atoms with Gasteiger partial charge in [-0.05, 0) is 13.3 Å². The number of aromatic nitrogens is 3. The van der Waals surface area contributed by atoms with E-state index in [1.807, 2.05) is 6.92 Å². The molecule has 0 saturated heterocycles. The number of ether oxygens (including phenoxy) is 1. The number of halogens is 3. The van der Waals surface area contributed by atoms with Crippen molar-refractivity contribution in [3.05, 3.63) is 11.9 Å².